The van der Waals surface area contributed by atoms with Gasteiger partial charge in [0.15, 0.2) is 15.8 Å². The van der Waals surface area contributed by atoms with Crippen LogP contribution in [0.15, 0.2) is 4.99 Å². The van der Waals surface area contributed by atoms with Crippen molar-refractivity contribution in [1.29, 1.82) is 0 Å². The number of nitrogens with two attached hydrogens (primary N) is 1. The second kappa shape index (κ2) is 5.88. The maximum Gasteiger partial charge on any atom is 0.191 e. The van der Waals surface area contributed by atoms with Crippen molar-refractivity contribution in [2.24, 2.45) is 10.7 Å². The van der Waals surface area contributed by atoms with Gasteiger partial charge in [0.2, 0.25) is 0 Å². The van der Waals surface area contributed by atoms with Gasteiger partial charge in [-0.25, -0.2) is 8.42 Å². The summed E-state index contributed by atoms with van der Waals surface area (Å²) < 4.78 is 28.9. The lowest BCUT2D eigenvalue weighted by atomic mass is 10.2. The Morgan fingerprint density at radius 1 is 1.33 bits per heavy atom. The van der Waals surface area contributed by atoms with Gasteiger partial charge in [0.25, 0.3) is 0 Å². The van der Waals surface area contributed by atoms with E-state index in [1.165, 1.54) is 0 Å². The minimum Gasteiger partial charge on any atom is -0.378 e. The summed E-state index contributed by atoms with van der Waals surface area (Å²) in [5.41, 5.74) is 5.88. The van der Waals surface area contributed by atoms with E-state index in [4.69, 9.17) is 10.5 Å². The number of morpholine rings is 1. The molecule has 0 aromatic rings. The summed E-state index contributed by atoms with van der Waals surface area (Å²) in [6, 6.07) is 0. The molecule has 0 aliphatic carbocycles. The molecule has 1 unspecified atom stereocenters. The fourth-order valence-corrected chi connectivity index (χ4v) is 4.08. The number of rotatable bonds is 2. The summed E-state index contributed by atoms with van der Waals surface area (Å²) in [5.74, 6) is 0.740. The van der Waals surface area contributed by atoms with Gasteiger partial charge in [-0.15, -0.1) is 0 Å². The molecular weight excluding hydrogens is 254 g/mol. The Kier molecular flexibility index (Phi) is 4.45. The molecule has 18 heavy (non-hydrogen) atoms. The van der Waals surface area contributed by atoms with E-state index in [1.807, 2.05) is 4.90 Å². The highest BCUT2D eigenvalue weighted by atomic mass is 32.2. The minimum atomic E-state index is -2.96. The number of sulfone groups is 1. The fourth-order valence-electron chi connectivity index (χ4n) is 2.31. The monoisotopic (exact) mass is 275 g/mol. The van der Waals surface area contributed by atoms with E-state index in [9.17, 15) is 8.42 Å². The lowest BCUT2D eigenvalue weighted by Crippen LogP contribution is -2.45. The maximum absolute atomic E-state index is 11.8. The first-order valence-corrected chi connectivity index (χ1v) is 8.15. The zero-order valence-corrected chi connectivity index (χ0v) is 11.4. The summed E-state index contributed by atoms with van der Waals surface area (Å²) in [6.07, 6.45) is 2.46. The third-order valence-corrected chi connectivity index (χ3v) is 5.76. The van der Waals surface area contributed by atoms with Crippen LogP contribution < -0.4 is 5.73 Å². The smallest absolute Gasteiger partial charge is 0.191 e. The van der Waals surface area contributed by atoms with Crippen molar-refractivity contribution in [3.8, 4) is 0 Å². The molecule has 2 N–H and O–H groups in total. The lowest BCUT2D eigenvalue weighted by Gasteiger charge is -2.28. The van der Waals surface area contributed by atoms with Crippen LogP contribution in [0, 0.1) is 0 Å². The molecule has 0 amide bonds. The summed E-state index contributed by atoms with van der Waals surface area (Å²) in [4.78, 5) is 6.20. The average Bonchev–Trinajstić information content (AvgIpc) is 2.38. The Balaban J connectivity index is 1.92. The highest BCUT2D eigenvalue weighted by Crippen LogP contribution is 2.19. The number of ether oxygens (including phenoxy) is 1. The number of aliphatic imine (C=N–C) groups is 1. The quantitative estimate of drug-likeness (QED) is 0.547. The molecule has 2 aliphatic heterocycles. The number of nitrogens with zero attached hydrogens (tertiary/aromatic N) is 2. The van der Waals surface area contributed by atoms with E-state index in [1.54, 1.807) is 0 Å². The van der Waals surface area contributed by atoms with Crippen LogP contribution in [0.3, 0.4) is 0 Å². The van der Waals surface area contributed by atoms with Crippen molar-refractivity contribution >= 4 is 15.8 Å². The van der Waals surface area contributed by atoms with Crippen LogP contribution in [0.25, 0.3) is 0 Å². The molecule has 2 fully saturated rings. The Labute approximate surface area is 108 Å². The SMILES string of the molecule is NC(=NCC1CCCCS1(=O)=O)N1CCOCC1. The molecule has 2 aliphatic rings. The van der Waals surface area contributed by atoms with Crippen molar-refractivity contribution in [3.05, 3.63) is 0 Å². The van der Waals surface area contributed by atoms with Crippen molar-refractivity contribution in [1.82, 2.24) is 4.90 Å². The predicted octanol–water partition coefficient (Wildman–Crippen LogP) is -0.399. The molecule has 1 atom stereocenters. The highest BCUT2D eigenvalue weighted by Gasteiger charge is 2.28. The Morgan fingerprint density at radius 3 is 2.72 bits per heavy atom. The normalized spacial score (nSPS) is 29.2. The number of hydrogen-bond donors (Lipinski definition) is 1. The fraction of sp³-hybridized carbons (Fsp3) is 0.909. The predicted molar refractivity (Wildman–Crippen MR) is 70.3 cm³/mol. The number of guanidine groups is 1. The lowest BCUT2D eigenvalue weighted by molar-refractivity contribution is 0.0674. The van der Waals surface area contributed by atoms with Crippen LogP contribution in [-0.2, 0) is 14.6 Å². The molecule has 0 saturated carbocycles. The first kappa shape index (κ1) is 13.6. The van der Waals surface area contributed by atoms with E-state index in [0.717, 1.165) is 25.9 Å². The molecule has 0 aromatic carbocycles. The number of hydrogen-bond acceptors (Lipinski definition) is 4. The third-order valence-electron chi connectivity index (χ3n) is 3.50. The van der Waals surface area contributed by atoms with Gasteiger partial charge < -0.3 is 15.4 Å². The molecule has 0 radical (unpaired) electrons. The van der Waals surface area contributed by atoms with Crippen LogP contribution in [0.4, 0.5) is 0 Å². The first-order chi connectivity index (χ1) is 8.59. The second-order valence-electron chi connectivity index (χ2n) is 4.78. The highest BCUT2D eigenvalue weighted by molar-refractivity contribution is 7.92. The topological polar surface area (TPSA) is 85.0 Å². The van der Waals surface area contributed by atoms with Gasteiger partial charge in [0, 0.05) is 13.1 Å². The van der Waals surface area contributed by atoms with Gasteiger partial charge in [-0.3, -0.25) is 4.99 Å². The van der Waals surface area contributed by atoms with Gasteiger partial charge in [-0.2, -0.15) is 0 Å². The summed E-state index contributed by atoms with van der Waals surface area (Å²) in [6.45, 7) is 3.06. The van der Waals surface area contributed by atoms with Crippen LogP contribution in [-0.4, -0.2) is 63.1 Å². The largest absolute Gasteiger partial charge is 0.378 e. The molecule has 0 aromatic heterocycles. The van der Waals surface area contributed by atoms with E-state index in [0.29, 0.717) is 37.9 Å². The minimum absolute atomic E-state index is 0.296. The van der Waals surface area contributed by atoms with Crippen LogP contribution in [0.2, 0.25) is 0 Å². The molecule has 7 heteroatoms. The zero-order valence-electron chi connectivity index (χ0n) is 10.5. The molecule has 2 rings (SSSR count). The van der Waals surface area contributed by atoms with Crippen molar-refractivity contribution in [3.63, 3.8) is 0 Å². The van der Waals surface area contributed by atoms with E-state index >= 15 is 0 Å². The van der Waals surface area contributed by atoms with Crippen molar-refractivity contribution < 1.29 is 13.2 Å². The van der Waals surface area contributed by atoms with Crippen LogP contribution in [0.5, 0.6) is 0 Å². The summed E-state index contributed by atoms with van der Waals surface area (Å²) >= 11 is 0. The molecule has 2 heterocycles. The summed E-state index contributed by atoms with van der Waals surface area (Å²) in [5, 5.41) is -0.342. The third kappa shape index (κ3) is 3.35. The standard InChI is InChI=1S/C11H21N3O3S/c12-11(14-4-6-17-7-5-14)13-9-10-3-1-2-8-18(10,15)16/h10H,1-9H2,(H2,12,13). The average molecular weight is 275 g/mol. The van der Waals surface area contributed by atoms with E-state index in [-0.39, 0.29) is 5.25 Å². The Morgan fingerprint density at radius 2 is 2.06 bits per heavy atom. The van der Waals surface area contributed by atoms with Crippen molar-refractivity contribution in [2.45, 2.75) is 24.5 Å². The Bertz CT molecular complexity index is 402. The molecule has 2 saturated heterocycles. The van der Waals surface area contributed by atoms with Gasteiger partial charge in [-0.05, 0) is 12.8 Å². The second-order valence-corrected chi connectivity index (χ2v) is 7.18. The van der Waals surface area contributed by atoms with Crippen LogP contribution in [0.1, 0.15) is 19.3 Å². The van der Waals surface area contributed by atoms with E-state index < -0.39 is 9.84 Å². The van der Waals surface area contributed by atoms with Gasteiger partial charge >= 0.3 is 0 Å². The maximum atomic E-state index is 11.8. The Hall–Kier alpha value is -0.820. The first-order valence-electron chi connectivity index (χ1n) is 6.44. The molecule has 0 bridgehead atoms. The zero-order chi connectivity index (χ0) is 13.0. The van der Waals surface area contributed by atoms with Gasteiger partial charge in [0.1, 0.15) is 0 Å². The van der Waals surface area contributed by atoms with Crippen molar-refractivity contribution in [2.75, 3.05) is 38.6 Å². The van der Waals surface area contributed by atoms with Gasteiger partial charge in [0.05, 0.1) is 30.8 Å². The molecule has 0 spiro atoms. The van der Waals surface area contributed by atoms with Gasteiger partial charge in [-0.1, -0.05) is 6.42 Å². The molecule has 6 nitrogen and oxygen atoms in total. The molecular formula is C11H21N3O3S. The summed E-state index contributed by atoms with van der Waals surface area (Å²) in [7, 11) is -2.96. The van der Waals surface area contributed by atoms with E-state index in [2.05, 4.69) is 4.99 Å². The van der Waals surface area contributed by atoms with Crippen LogP contribution >= 0.6 is 0 Å². The molecule has 104 valence electrons.